The van der Waals surface area contributed by atoms with Crippen molar-refractivity contribution in [2.75, 3.05) is 5.32 Å². The van der Waals surface area contributed by atoms with Crippen LogP contribution >= 0.6 is 0 Å². The van der Waals surface area contributed by atoms with Crippen LogP contribution in [0.25, 0.3) is 0 Å². The molecule has 0 unspecified atom stereocenters. The highest BCUT2D eigenvalue weighted by Crippen LogP contribution is 2.60. The van der Waals surface area contributed by atoms with Crippen molar-refractivity contribution >= 4 is 11.6 Å². The van der Waals surface area contributed by atoms with Gasteiger partial charge in [0.2, 0.25) is 17.4 Å². The zero-order chi connectivity index (χ0) is 19.5. The Kier molecular flexibility index (Phi) is 9.29. The lowest BCUT2D eigenvalue weighted by Gasteiger charge is -2.06. The zero-order valence-corrected chi connectivity index (χ0v) is 16.7. The Labute approximate surface area is 163 Å². The van der Waals surface area contributed by atoms with E-state index in [1.54, 1.807) is 0 Å². The maximum absolute atomic E-state index is 12.0. The summed E-state index contributed by atoms with van der Waals surface area (Å²) in [7, 11) is 0. The number of anilines is 1. The third kappa shape index (κ3) is 7.69. The fourth-order valence-corrected chi connectivity index (χ4v) is 3.41. The number of phenols is 2. The monoisotopic (exact) mass is 377 g/mol. The lowest BCUT2D eigenvalue weighted by Crippen LogP contribution is -2.10. The van der Waals surface area contributed by atoms with Crippen molar-refractivity contribution in [3.63, 3.8) is 0 Å². The van der Waals surface area contributed by atoms with Gasteiger partial charge in [0.25, 0.3) is 0 Å². The van der Waals surface area contributed by atoms with E-state index in [2.05, 4.69) is 12.2 Å². The summed E-state index contributed by atoms with van der Waals surface area (Å²) in [6, 6.07) is 1.32. The summed E-state index contributed by atoms with van der Waals surface area (Å²) < 4.78 is 4.95. The van der Waals surface area contributed by atoms with Gasteiger partial charge in [0.05, 0.1) is 5.69 Å². The lowest BCUT2D eigenvalue weighted by atomic mass is 10.0. The molecule has 0 bridgehead atoms. The van der Waals surface area contributed by atoms with Crippen molar-refractivity contribution < 1.29 is 19.7 Å². The van der Waals surface area contributed by atoms with Gasteiger partial charge in [-0.15, -0.1) is 0 Å². The predicted octanol–water partition coefficient (Wildman–Crippen LogP) is 6.62. The molecule has 0 aromatic heterocycles. The van der Waals surface area contributed by atoms with E-state index in [4.69, 9.17) is 4.74 Å². The summed E-state index contributed by atoms with van der Waals surface area (Å²) in [4.78, 5) is 12.0. The van der Waals surface area contributed by atoms with Gasteiger partial charge >= 0.3 is 0 Å². The molecule has 1 amide bonds. The first-order valence-corrected chi connectivity index (χ1v) is 10.7. The van der Waals surface area contributed by atoms with Crippen LogP contribution in [0.2, 0.25) is 0 Å². The van der Waals surface area contributed by atoms with Gasteiger partial charge in [-0.25, -0.2) is 0 Å². The van der Waals surface area contributed by atoms with E-state index in [-0.39, 0.29) is 28.8 Å². The van der Waals surface area contributed by atoms with Crippen LogP contribution in [-0.4, -0.2) is 16.1 Å². The van der Waals surface area contributed by atoms with Crippen molar-refractivity contribution in [1.29, 1.82) is 0 Å². The van der Waals surface area contributed by atoms with Crippen LogP contribution in [0.1, 0.15) is 96.8 Å². The van der Waals surface area contributed by atoms with Crippen LogP contribution in [0.3, 0.4) is 0 Å². The van der Waals surface area contributed by atoms with E-state index < -0.39 is 0 Å². The highest BCUT2D eigenvalue weighted by Gasteiger charge is 2.32. The standard InChI is InChI=1S/C22H35NO4/c1-2-3-4-5-6-7-8-9-10-11-12-13-14-15-19(25)23-17-16-18(24)21-22(27-21)20(17)26/h16,24,26H,2-15H2,1H3,(H,23,25). The van der Waals surface area contributed by atoms with Crippen LogP contribution in [-0.2, 0) is 4.79 Å². The molecule has 0 aliphatic carbocycles. The van der Waals surface area contributed by atoms with Crippen molar-refractivity contribution in [3.8, 4) is 23.0 Å². The molecule has 2 rings (SSSR count). The summed E-state index contributed by atoms with van der Waals surface area (Å²) >= 11 is 0. The molecule has 0 saturated carbocycles. The number of rotatable bonds is 15. The smallest absolute Gasteiger partial charge is 0.224 e. The van der Waals surface area contributed by atoms with Crippen molar-refractivity contribution in [2.24, 2.45) is 0 Å². The van der Waals surface area contributed by atoms with E-state index >= 15 is 0 Å². The van der Waals surface area contributed by atoms with Gasteiger partial charge in [-0.1, -0.05) is 84.0 Å². The molecule has 1 heterocycles. The molecule has 0 radical (unpaired) electrons. The number of carbonyl (C=O) groups is 1. The van der Waals surface area contributed by atoms with Crippen molar-refractivity contribution in [3.05, 3.63) is 6.07 Å². The molecule has 5 heteroatoms. The second-order valence-electron chi connectivity index (χ2n) is 7.59. The highest BCUT2D eigenvalue weighted by molar-refractivity contribution is 5.94. The molecule has 0 spiro atoms. The van der Waals surface area contributed by atoms with E-state index in [1.807, 2.05) is 0 Å². The molecule has 5 nitrogen and oxygen atoms in total. The molecule has 1 aliphatic heterocycles. The number of aromatic hydroxyl groups is 2. The van der Waals surface area contributed by atoms with Gasteiger partial charge < -0.3 is 20.3 Å². The molecule has 1 aromatic rings. The second kappa shape index (κ2) is 11.7. The Morgan fingerprint density at radius 2 is 1.37 bits per heavy atom. The Hall–Kier alpha value is -1.91. The topological polar surface area (TPSA) is 82.1 Å². The predicted molar refractivity (Wildman–Crippen MR) is 109 cm³/mol. The maximum atomic E-state index is 12.0. The molecule has 3 N–H and O–H groups in total. The van der Waals surface area contributed by atoms with Crippen LogP contribution in [0.4, 0.5) is 5.69 Å². The van der Waals surface area contributed by atoms with Crippen LogP contribution in [0.15, 0.2) is 6.07 Å². The largest absolute Gasteiger partial charge is 0.504 e. The summed E-state index contributed by atoms with van der Waals surface area (Å²) in [5.41, 5.74) is 0.212. The minimum absolute atomic E-state index is 0.0564. The number of unbranched alkanes of at least 4 members (excludes halogenated alkanes) is 12. The third-order valence-electron chi connectivity index (χ3n) is 5.13. The second-order valence-corrected chi connectivity index (χ2v) is 7.59. The van der Waals surface area contributed by atoms with Crippen LogP contribution in [0, 0.1) is 0 Å². The zero-order valence-electron chi connectivity index (χ0n) is 16.7. The summed E-state index contributed by atoms with van der Waals surface area (Å²) in [5, 5.41) is 22.1. The minimum atomic E-state index is -0.145. The molecular formula is C22H35NO4. The van der Waals surface area contributed by atoms with Gasteiger partial charge in [0.15, 0.2) is 11.5 Å². The van der Waals surface area contributed by atoms with E-state index in [1.165, 1.54) is 76.7 Å². The number of phenolic OH excluding ortho intramolecular Hbond substituents is 2. The van der Waals surface area contributed by atoms with Gasteiger partial charge in [-0.3, -0.25) is 4.79 Å². The summed E-state index contributed by atoms with van der Waals surface area (Å²) in [6.07, 6.45) is 17.0. The average molecular weight is 378 g/mol. The number of nitrogens with one attached hydrogen (secondary N) is 1. The number of ether oxygens (including phenoxy) is 1. The van der Waals surface area contributed by atoms with Gasteiger partial charge in [0.1, 0.15) is 0 Å². The highest BCUT2D eigenvalue weighted by atomic mass is 16.6. The number of fused-ring (bicyclic) bond motifs is 1. The molecule has 0 saturated heterocycles. The molecule has 0 atom stereocenters. The summed E-state index contributed by atoms with van der Waals surface area (Å²) in [5.74, 6) is 0.238. The Balaban J connectivity index is 1.42. The fourth-order valence-electron chi connectivity index (χ4n) is 3.41. The van der Waals surface area contributed by atoms with E-state index in [0.29, 0.717) is 12.2 Å². The molecule has 0 fully saturated rings. The normalized spacial score (nSPS) is 11.7. The Bertz CT molecular complexity index is 600. The van der Waals surface area contributed by atoms with Crippen molar-refractivity contribution in [1.82, 2.24) is 0 Å². The maximum Gasteiger partial charge on any atom is 0.224 e. The first-order valence-electron chi connectivity index (χ1n) is 10.7. The number of hydrogen-bond donors (Lipinski definition) is 3. The molecule has 27 heavy (non-hydrogen) atoms. The van der Waals surface area contributed by atoms with Crippen LogP contribution < -0.4 is 10.1 Å². The number of benzene rings is 1. The van der Waals surface area contributed by atoms with Gasteiger partial charge in [-0.05, 0) is 6.42 Å². The Morgan fingerprint density at radius 3 is 1.93 bits per heavy atom. The number of carbonyl (C=O) groups excluding carboxylic acids is 1. The Morgan fingerprint density at radius 1 is 0.852 bits per heavy atom. The molecule has 1 aliphatic rings. The molecular weight excluding hydrogens is 342 g/mol. The number of amides is 1. The first-order chi connectivity index (χ1) is 13.1. The molecule has 1 aromatic carbocycles. The lowest BCUT2D eigenvalue weighted by molar-refractivity contribution is -0.116. The third-order valence-corrected chi connectivity index (χ3v) is 5.13. The van der Waals surface area contributed by atoms with Gasteiger partial charge in [0, 0.05) is 12.5 Å². The van der Waals surface area contributed by atoms with Gasteiger partial charge in [-0.2, -0.15) is 0 Å². The van der Waals surface area contributed by atoms with Crippen molar-refractivity contribution in [2.45, 2.75) is 96.8 Å². The SMILES string of the molecule is CCCCCCCCCCCCCCCC(=O)Nc1cc(O)c2c(c1O)O2. The number of hydrogen-bond acceptors (Lipinski definition) is 4. The quantitative estimate of drug-likeness (QED) is 0.141. The van der Waals surface area contributed by atoms with E-state index in [0.717, 1.165) is 12.8 Å². The molecule has 152 valence electrons. The average Bonchev–Trinajstić information content (AvgIpc) is 3.45. The van der Waals surface area contributed by atoms with E-state index in [9.17, 15) is 15.0 Å². The first kappa shape index (κ1) is 21.4. The minimum Gasteiger partial charge on any atom is -0.504 e. The summed E-state index contributed by atoms with van der Waals surface area (Å²) in [6.45, 7) is 2.25. The fraction of sp³-hybridized carbons (Fsp3) is 0.682. The van der Waals surface area contributed by atoms with Crippen LogP contribution in [0.5, 0.6) is 23.0 Å².